The Hall–Kier alpha value is -2.34. The summed E-state index contributed by atoms with van der Waals surface area (Å²) in [4.78, 5) is 25.6. The minimum Gasteiger partial charge on any atom is -0.369 e. The van der Waals surface area contributed by atoms with Gasteiger partial charge in [0.1, 0.15) is 0 Å². The van der Waals surface area contributed by atoms with Gasteiger partial charge in [0.2, 0.25) is 5.91 Å². The predicted octanol–water partition coefficient (Wildman–Crippen LogP) is 1.72. The summed E-state index contributed by atoms with van der Waals surface area (Å²) in [6, 6.07) is 7.22. The van der Waals surface area contributed by atoms with Gasteiger partial charge in [0.05, 0.1) is 23.4 Å². The Morgan fingerprint density at radius 2 is 2.13 bits per heavy atom. The van der Waals surface area contributed by atoms with Gasteiger partial charge in [0, 0.05) is 24.3 Å². The summed E-state index contributed by atoms with van der Waals surface area (Å²) in [6.07, 6.45) is 3.18. The van der Waals surface area contributed by atoms with Crippen molar-refractivity contribution in [3.8, 4) is 5.69 Å². The third-order valence-corrected chi connectivity index (χ3v) is 4.40. The smallest absolute Gasteiger partial charge is 0.257 e. The van der Waals surface area contributed by atoms with E-state index >= 15 is 0 Å². The molecule has 1 aromatic carbocycles. The number of aromatic nitrogens is 2. The third-order valence-electron chi connectivity index (χ3n) is 4.17. The maximum atomic E-state index is 12.6. The van der Waals surface area contributed by atoms with Crippen molar-refractivity contribution in [3.05, 3.63) is 47.2 Å². The fourth-order valence-corrected chi connectivity index (χ4v) is 3.06. The molecule has 2 atom stereocenters. The van der Waals surface area contributed by atoms with Gasteiger partial charge in [-0.05, 0) is 24.1 Å². The van der Waals surface area contributed by atoms with E-state index in [1.165, 1.54) is 6.20 Å². The highest BCUT2D eigenvalue weighted by Gasteiger charge is 2.36. The molecule has 2 N–H and O–H groups in total. The average molecular weight is 333 g/mol. The predicted molar refractivity (Wildman–Crippen MR) is 86.3 cm³/mol. The van der Waals surface area contributed by atoms with E-state index in [0.29, 0.717) is 23.7 Å². The first-order valence-electron chi connectivity index (χ1n) is 7.35. The fourth-order valence-electron chi connectivity index (χ4n) is 2.88. The highest BCUT2D eigenvalue weighted by Crippen LogP contribution is 2.24. The van der Waals surface area contributed by atoms with E-state index in [1.807, 2.05) is 19.1 Å². The van der Waals surface area contributed by atoms with Crippen molar-refractivity contribution in [1.82, 2.24) is 14.7 Å². The van der Waals surface area contributed by atoms with Gasteiger partial charge in [-0.25, -0.2) is 4.68 Å². The van der Waals surface area contributed by atoms with Crippen molar-refractivity contribution in [2.75, 3.05) is 13.1 Å². The van der Waals surface area contributed by atoms with Gasteiger partial charge in [0.15, 0.2) is 0 Å². The van der Waals surface area contributed by atoms with E-state index < -0.39 is 0 Å². The molecule has 1 aliphatic heterocycles. The number of nitrogens with two attached hydrogens (primary N) is 1. The highest BCUT2D eigenvalue weighted by atomic mass is 35.5. The Morgan fingerprint density at radius 1 is 1.35 bits per heavy atom. The molecule has 0 radical (unpaired) electrons. The summed E-state index contributed by atoms with van der Waals surface area (Å²) in [5, 5.41) is 4.81. The third kappa shape index (κ3) is 3.07. The van der Waals surface area contributed by atoms with E-state index in [4.69, 9.17) is 17.3 Å². The van der Waals surface area contributed by atoms with Crippen LogP contribution < -0.4 is 5.73 Å². The Morgan fingerprint density at radius 3 is 2.78 bits per heavy atom. The standard InChI is InChI=1S/C16H17ClN4O2/c1-10-7-20(9-14(10)15(18)22)16(23)11-6-19-21(8-11)13-4-2-3-12(17)5-13/h2-6,8,10,14H,7,9H2,1H3,(H2,18,22)/t10-,14-/m1/s1. The maximum Gasteiger partial charge on any atom is 0.257 e. The number of carbonyl (C=O) groups excluding carboxylic acids is 2. The van der Waals surface area contributed by atoms with E-state index in [1.54, 1.807) is 27.9 Å². The second kappa shape index (κ2) is 6.04. The summed E-state index contributed by atoms with van der Waals surface area (Å²) in [7, 11) is 0. The monoisotopic (exact) mass is 332 g/mol. The number of primary amides is 1. The van der Waals surface area contributed by atoms with Crippen molar-refractivity contribution in [2.24, 2.45) is 17.6 Å². The van der Waals surface area contributed by atoms with Gasteiger partial charge in [-0.1, -0.05) is 24.6 Å². The summed E-state index contributed by atoms with van der Waals surface area (Å²) in [5.74, 6) is -0.724. The number of amides is 2. The number of nitrogens with zero attached hydrogens (tertiary/aromatic N) is 3. The van der Waals surface area contributed by atoms with Gasteiger partial charge < -0.3 is 10.6 Å². The van der Waals surface area contributed by atoms with Crippen molar-refractivity contribution < 1.29 is 9.59 Å². The Bertz CT molecular complexity index is 758. The van der Waals surface area contributed by atoms with Crippen LogP contribution in [0.5, 0.6) is 0 Å². The van der Waals surface area contributed by atoms with Gasteiger partial charge in [0.25, 0.3) is 5.91 Å². The first-order chi connectivity index (χ1) is 11.0. The molecule has 1 aliphatic rings. The normalized spacial score (nSPS) is 20.7. The van der Waals surface area contributed by atoms with Crippen LogP contribution in [0.15, 0.2) is 36.7 Å². The van der Waals surface area contributed by atoms with Crippen molar-refractivity contribution in [1.29, 1.82) is 0 Å². The van der Waals surface area contributed by atoms with Crippen molar-refractivity contribution >= 4 is 23.4 Å². The number of carbonyl (C=O) groups is 2. The van der Waals surface area contributed by atoms with E-state index in [-0.39, 0.29) is 23.7 Å². The van der Waals surface area contributed by atoms with E-state index in [0.717, 1.165) is 5.69 Å². The molecule has 2 amide bonds. The molecule has 6 nitrogen and oxygen atoms in total. The van der Waals surface area contributed by atoms with Gasteiger partial charge in [-0.3, -0.25) is 9.59 Å². The molecule has 1 aromatic heterocycles. The maximum absolute atomic E-state index is 12.6. The minimum atomic E-state index is -0.359. The molecule has 3 rings (SSSR count). The molecule has 0 aliphatic carbocycles. The summed E-state index contributed by atoms with van der Waals surface area (Å²) >= 11 is 5.97. The Kier molecular flexibility index (Phi) is 4.09. The molecule has 1 saturated heterocycles. The van der Waals surface area contributed by atoms with Crippen LogP contribution in [0.25, 0.3) is 5.69 Å². The van der Waals surface area contributed by atoms with Crippen LogP contribution in [0.2, 0.25) is 5.02 Å². The molecular weight excluding hydrogens is 316 g/mol. The van der Waals surface area contributed by atoms with E-state index in [9.17, 15) is 9.59 Å². The van der Waals surface area contributed by atoms with Crippen molar-refractivity contribution in [3.63, 3.8) is 0 Å². The van der Waals surface area contributed by atoms with E-state index in [2.05, 4.69) is 5.10 Å². The lowest BCUT2D eigenvalue weighted by Gasteiger charge is -2.14. The Balaban J connectivity index is 1.78. The molecule has 7 heteroatoms. The fraction of sp³-hybridized carbons (Fsp3) is 0.312. The van der Waals surface area contributed by atoms with Crippen LogP contribution in [0.4, 0.5) is 0 Å². The summed E-state index contributed by atoms with van der Waals surface area (Å²) in [6.45, 7) is 2.81. The van der Waals surface area contributed by atoms with Crippen LogP contribution in [-0.4, -0.2) is 39.6 Å². The molecule has 0 spiro atoms. The molecular formula is C16H17ClN4O2. The first-order valence-corrected chi connectivity index (χ1v) is 7.72. The van der Waals surface area contributed by atoms with Crippen LogP contribution >= 0.6 is 11.6 Å². The average Bonchev–Trinajstić information content (AvgIpc) is 3.13. The minimum absolute atomic E-state index is 0.0689. The number of benzene rings is 1. The molecule has 0 bridgehead atoms. The molecule has 1 fully saturated rings. The van der Waals surface area contributed by atoms with Crippen LogP contribution in [0, 0.1) is 11.8 Å². The largest absolute Gasteiger partial charge is 0.369 e. The zero-order valence-corrected chi connectivity index (χ0v) is 13.4. The molecule has 120 valence electrons. The van der Waals surface area contributed by atoms with Crippen molar-refractivity contribution in [2.45, 2.75) is 6.92 Å². The second-order valence-corrected chi connectivity index (χ2v) is 6.29. The van der Waals surface area contributed by atoms with Crippen LogP contribution in [-0.2, 0) is 4.79 Å². The lowest BCUT2D eigenvalue weighted by Crippen LogP contribution is -2.31. The number of halogens is 1. The first kappa shape index (κ1) is 15.6. The lowest BCUT2D eigenvalue weighted by molar-refractivity contribution is -0.122. The molecule has 0 unspecified atom stereocenters. The zero-order chi connectivity index (χ0) is 16.6. The van der Waals surface area contributed by atoms with Crippen LogP contribution in [0.1, 0.15) is 17.3 Å². The number of hydrogen-bond donors (Lipinski definition) is 1. The molecule has 2 heterocycles. The molecule has 23 heavy (non-hydrogen) atoms. The second-order valence-electron chi connectivity index (χ2n) is 5.85. The number of hydrogen-bond acceptors (Lipinski definition) is 3. The SMILES string of the molecule is C[C@@H]1CN(C(=O)c2cnn(-c3cccc(Cl)c3)c2)C[C@H]1C(N)=O. The van der Waals surface area contributed by atoms with Gasteiger partial charge >= 0.3 is 0 Å². The van der Waals surface area contributed by atoms with Gasteiger partial charge in [-0.15, -0.1) is 0 Å². The topological polar surface area (TPSA) is 81.2 Å². The summed E-state index contributed by atoms with van der Waals surface area (Å²) < 4.78 is 1.60. The lowest BCUT2D eigenvalue weighted by atomic mass is 9.98. The number of rotatable bonds is 3. The van der Waals surface area contributed by atoms with Gasteiger partial charge in [-0.2, -0.15) is 5.10 Å². The zero-order valence-electron chi connectivity index (χ0n) is 12.6. The quantitative estimate of drug-likeness (QED) is 0.929. The van der Waals surface area contributed by atoms with Crippen LogP contribution in [0.3, 0.4) is 0 Å². The highest BCUT2D eigenvalue weighted by molar-refractivity contribution is 6.30. The number of likely N-dealkylation sites (tertiary alicyclic amines) is 1. The Labute approximate surface area is 138 Å². The molecule has 0 saturated carbocycles. The molecule has 2 aromatic rings. The summed E-state index contributed by atoms with van der Waals surface area (Å²) in [5.41, 5.74) is 6.63.